The van der Waals surface area contributed by atoms with E-state index in [1.165, 1.54) is 11.1 Å². The van der Waals surface area contributed by atoms with Gasteiger partial charge in [-0.1, -0.05) is 30.3 Å². The van der Waals surface area contributed by atoms with Crippen LogP contribution in [0.2, 0.25) is 0 Å². The van der Waals surface area contributed by atoms with Gasteiger partial charge in [0.15, 0.2) is 11.5 Å². The maximum atomic E-state index is 12.4. The third kappa shape index (κ3) is 5.99. The largest absolute Gasteiger partial charge is 0.493 e. The zero-order valence-corrected chi connectivity index (χ0v) is 18.2. The molecule has 0 aromatic heterocycles. The molecule has 0 aliphatic heterocycles. The molecule has 1 amide bonds. The second-order valence-corrected chi connectivity index (χ2v) is 7.42. The summed E-state index contributed by atoms with van der Waals surface area (Å²) < 4.78 is 10.7. The molecule has 3 rings (SSSR count). The summed E-state index contributed by atoms with van der Waals surface area (Å²) in [7, 11) is 5.37. The fourth-order valence-corrected chi connectivity index (χ4v) is 3.35. The van der Waals surface area contributed by atoms with Crippen LogP contribution in [0.5, 0.6) is 11.5 Å². The van der Waals surface area contributed by atoms with Crippen molar-refractivity contribution in [3.05, 3.63) is 83.4 Å². The first-order valence-electron chi connectivity index (χ1n) is 10.1. The molecule has 0 atom stereocenters. The van der Waals surface area contributed by atoms with Crippen molar-refractivity contribution in [2.45, 2.75) is 13.0 Å². The predicted octanol–water partition coefficient (Wildman–Crippen LogP) is 4.21. The Balaban J connectivity index is 1.52. The summed E-state index contributed by atoms with van der Waals surface area (Å²) in [5, 5.41) is 2.89. The molecule has 3 aromatic rings. The van der Waals surface area contributed by atoms with Crippen molar-refractivity contribution < 1.29 is 14.3 Å². The minimum atomic E-state index is -0.208. The van der Waals surface area contributed by atoms with Gasteiger partial charge in [-0.25, -0.2) is 0 Å². The maximum absolute atomic E-state index is 12.4. The highest BCUT2D eigenvalue weighted by Crippen LogP contribution is 2.28. The molecule has 0 heterocycles. The smallest absolute Gasteiger partial charge is 0.257 e. The van der Waals surface area contributed by atoms with Gasteiger partial charge in [0.05, 0.1) is 19.8 Å². The number of para-hydroxylation sites is 1. The van der Waals surface area contributed by atoms with E-state index in [0.717, 1.165) is 36.7 Å². The van der Waals surface area contributed by atoms with Crippen molar-refractivity contribution in [2.24, 2.45) is 0 Å². The minimum Gasteiger partial charge on any atom is -0.493 e. The third-order valence-electron chi connectivity index (χ3n) is 5.10. The van der Waals surface area contributed by atoms with Crippen LogP contribution < -0.4 is 20.5 Å². The van der Waals surface area contributed by atoms with E-state index in [0.29, 0.717) is 11.3 Å². The number of hydrogen-bond acceptors (Lipinski definition) is 5. The second kappa shape index (κ2) is 10.5. The number of rotatable bonds is 9. The van der Waals surface area contributed by atoms with Gasteiger partial charge < -0.3 is 25.4 Å². The first-order valence-corrected chi connectivity index (χ1v) is 10.1. The zero-order chi connectivity index (χ0) is 22.2. The van der Waals surface area contributed by atoms with Crippen molar-refractivity contribution in [3.8, 4) is 11.5 Å². The standard InChI is InChI=1S/C25H29N3O3/c1-28(17-19-10-13-23(30-2)24(16-19)31-3)15-14-18-8-11-20(12-9-18)27-25(29)21-6-4-5-7-22(21)26/h4-13,16H,14-15,17,26H2,1-3H3,(H,27,29). The lowest BCUT2D eigenvalue weighted by Gasteiger charge is -2.18. The van der Waals surface area contributed by atoms with Gasteiger partial charge in [-0.2, -0.15) is 0 Å². The monoisotopic (exact) mass is 419 g/mol. The van der Waals surface area contributed by atoms with E-state index >= 15 is 0 Å². The van der Waals surface area contributed by atoms with Crippen molar-refractivity contribution in [3.63, 3.8) is 0 Å². The SMILES string of the molecule is COc1ccc(CN(C)CCc2ccc(NC(=O)c3ccccc3N)cc2)cc1OC. The molecule has 0 bridgehead atoms. The molecule has 0 aliphatic rings. The topological polar surface area (TPSA) is 76.8 Å². The Bertz CT molecular complexity index is 1020. The van der Waals surface area contributed by atoms with E-state index in [1.54, 1.807) is 32.4 Å². The van der Waals surface area contributed by atoms with Crippen LogP contribution in [0.1, 0.15) is 21.5 Å². The van der Waals surface area contributed by atoms with Gasteiger partial charge in [-0.05, 0) is 61.0 Å². The van der Waals surface area contributed by atoms with Crippen LogP contribution in [0.15, 0.2) is 66.7 Å². The number of carbonyl (C=O) groups is 1. The van der Waals surface area contributed by atoms with Crippen LogP contribution in [0, 0.1) is 0 Å². The fourth-order valence-electron chi connectivity index (χ4n) is 3.35. The van der Waals surface area contributed by atoms with E-state index in [9.17, 15) is 4.79 Å². The van der Waals surface area contributed by atoms with Gasteiger partial charge in [0, 0.05) is 24.5 Å². The number of nitrogens with one attached hydrogen (secondary N) is 1. The summed E-state index contributed by atoms with van der Waals surface area (Å²) >= 11 is 0. The second-order valence-electron chi connectivity index (χ2n) is 7.42. The quantitative estimate of drug-likeness (QED) is 0.508. The average molecular weight is 420 g/mol. The molecular weight excluding hydrogens is 390 g/mol. The van der Waals surface area contributed by atoms with Crippen molar-refractivity contribution in [1.29, 1.82) is 0 Å². The maximum Gasteiger partial charge on any atom is 0.257 e. The number of methoxy groups -OCH3 is 2. The third-order valence-corrected chi connectivity index (χ3v) is 5.10. The van der Waals surface area contributed by atoms with E-state index in [-0.39, 0.29) is 5.91 Å². The molecular formula is C25H29N3O3. The van der Waals surface area contributed by atoms with Crippen molar-refractivity contribution in [2.75, 3.05) is 38.9 Å². The van der Waals surface area contributed by atoms with Crippen LogP contribution in [-0.4, -0.2) is 38.6 Å². The summed E-state index contributed by atoms with van der Waals surface area (Å²) in [6.45, 7) is 1.72. The summed E-state index contributed by atoms with van der Waals surface area (Å²) in [4.78, 5) is 14.6. The Kier molecular flexibility index (Phi) is 7.51. The molecule has 0 spiro atoms. The first kappa shape index (κ1) is 22.2. The summed E-state index contributed by atoms with van der Waals surface area (Å²) in [5.74, 6) is 1.26. The normalized spacial score (nSPS) is 10.7. The highest BCUT2D eigenvalue weighted by molar-refractivity contribution is 6.07. The number of amides is 1. The van der Waals surface area contributed by atoms with E-state index in [1.807, 2.05) is 42.5 Å². The summed E-state index contributed by atoms with van der Waals surface area (Å²) in [5.41, 5.74) is 9.93. The number of ether oxygens (including phenoxy) is 2. The molecule has 0 aliphatic carbocycles. The molecule has 6 heteroatoms. The lowest BCUT2D eigenvalue weighted by Crippen LogP contribution is -2.20. The lowest BCUT2D eigenvalue weighted by atomic mass is 10.1. The number of benzene rings is 3. The van der Waals surface area contributed by atoms with Crippen LogP contribution in [0.25, 0.3) is 0 Å². The number of anilines is 2. The summed E-state index contributed by atoms with van der Waals surface area (Å²) in [6, 6.07) is 20.9. The Morgan fingerprint density at radius 2 is 1.61 bits per heavy atom. The number of carbonyl (C=O) groups excluding carboxylic acids is 1. The predicted molar refractivity (Wildman–Crippen MR) is 125 cm³/mol. The number of likely N-dealkylation sites (N-methyl/N-ethyl adjacent to an activating group) is 1. The van der Waals surface area contributed by atoms with Gasteiger partial charge in [0.25, 0.3) is 5.91 Å². The number of hydrogen-bond donors (Lipinski definition) is 2. The summed E-state index contributed by atoms with van der Waals surface area (Å²) in [6.07, 6.45) is 0.906. The highest BCUT2D eigenvalue weighted by atomic mass is 16.5. The number of nitrogens with two attached hydrogens (primary N) is 1. The molecule has 0 saturated heterocycles. The molecule has 31 heavy (non-hydrogen) atoms. The molecule has 6 nitrogen and oxygen atoms in total. The van der Waals surface area contributed by atoms with Gasteiger partial charge >= 0.3 is 0 Å². The van der Waals surface area contributed by atoms with Crippen LogP contribution in [-0.2, 0) is 13.0 Å². The minimum absolute atomic E-state index is 0.208. The Labute approximate surface area is 183 Å². The van der Waals surface area contributed by atoms with E-state index in [2.05, 4.69) is 23.3 Å². The average Bonchev–Trinajstić information content (AvgIpc) is 2.78. The molecule has 0 radical (unpaired) electrons. The van der Waals surface area contributed by atoms with E-state index in [4.69, 9.17) is 15.2 Å². The van der Waals surface area contributed by atoms with Gasteiger partial charge in [0.1, 0.15) is 0 Å². The van der Waals surface area contributed by atoms with Gasteiger partial charge in [-0.3, -0.25) is 4.79 Å². The van der Waals surface area contributed by atoms with Crippen LogP contribution >= 0.6 is 0 Å². The molecule has 3 N–H and O–H groups in total. The van der Waals surface area contributed by atoms with Crippen molar-refractivity contribution >= 4 is 17.3 Å². The molecule has 0 fully saturated rings. The molecule has 0 unspecified atom stereocenters. The molecule has 162 valence electrons. The Morgan fingerprint density at radius 1 is 0.935 bits per heavy atom. The fraction of sp³-hybridized carbons (Fsp3) is 0.240. The number of nitrogens with zero attached hydrogens (tertiary/aromatic N) is 1. The first-order chi connectivity index (χ1) is 15.0. The van der Waals surface area contributed by atoms with Crippen LogP contribution in [0.3, 0.4) is 0 Å². The van der Waals surface area contributed by atoms with Crippen molar-refractivity contribution in [1.82, 2.24) is 4.90 Å². The van der Waals surface area contributed by atoms with Crippen LogP contribution in [0.4, 0.5) is 11.4 Å². The highest BCUT2D eigenvalue weighted by Gasteiger charge is 2.10. The molecule has 0 saturated carbocycles. The van der Waals surface area contributed by atoms with E-state index < -0.39 is 0 Å². The zero-order valence-electron chi connectivity index (χ0n) is 18.2. The molecule has 3 aromatic carbocycles. The van der Waals surface area contributed by atoms with Gasteiger partial charge in [-0.15, -0.1) is 0 Å². The van der Waals surface area contributed by atoms with Gasteiger partial charge in [0.2, 0.25) is 0 Å². The Hall–Kier alpha value is -3.51. The lowest BCUT2D eigenvalue weighted by molar-refractivity contribution is 0.102. The number of nitrogen functional groups attached to an aromatic ring is 1. The Morgan fingerprint density at radius 3 is 2.29 bits per heavy atom.